The van der Waals surface area contributed by atoms with Gasteiger partial charge in [-0.3, -0.25) is 0 Å². The van der Waals surface area contributed by atoms with Gasteiger partial charge in [-0.15, -0.1) is 0 Å². The summed E-state index contributed by atoms with van der Waals surface area (Å²) in [4.78, 5) is 11.2. The fourth-order valence-electron chi connectivity index (χ4n) is 2.82. The number of ether oxygens (including phenoxy) is 1. The van der Waals surface area contributed by atoms with Crippen molar-refractivity contribution < 1.29 is 27.4 Å². The molecule has 6 nitrogen and oxygen atoms in total. The van der Waals surface area contributed by atoms with Crippen molar-refractivity contribution in [2.24, 2.45) is 0 Å². The van der Waals surface area contributed by atoms with Crippen molar-refractivity contribution >= 4 is 16.0 Å². The van der Waals surface area contributed by atoms with Gasteiger partial charge < -0.3 is 9.84 Å². The number of hydrogen-bond acceptors (Lipinski definition) is 4. The Balaban J connectivity index is 1.97. The molecule has 0 aliphatic carbocycles. The third kappa shape index (κ3) is 4.09. The smallest absolute Gasteiger partial charge is 0.335 e. The van der Waals surface area contributed by atoms with E-state index in [0.717, 1.165) is 18.9 Å². The fraction of sp³-hybridized carbons (Fsp3) is 0.278. The average molecular weight is 379 g/mol. The molecule has 1 heterocycles. The molecule has 1 atom stereocenters. The van der Waals surface area contributed by atoms with E-state index in [4.69, 9.17) is 4.74 Å². The van der Waals surface area contributed by atoms with Crippen LogP contribution < -0.4 is 4.72 Å². The van der Waals surface area contributed by atoms with E-state index in [9.17, 15) is 22.7 Å². The average Bonchev–Trinajstić information content (AvgIpc) is 3.14. The van der Waals surface area contributed by atoms with Crippen molar-refractivity contribution in [3.8, 4) is 11.1 Å². The zero-order valence-corrected chi connectivity index (χ0v) is 14.6. The van der Waals surface area contributed by atoms with Crippen molar-refractivity contribution in [3.05, 3.63) is 53.8 Å². The van der Waals surface area contributed by atoms with Gasteiger partial charge in [0.2, 0.25) is 10.0 Å². The van der Waals surface area contributed by atoms with Crippen LogP contribution in [0.1, 0.15) is 23.2 Å². The summed E-state index contributed by atoms with van der Waals surface area (Å²) in [5.74, 6) is -1.86. The fourth-order valence-corrected chi connectivity index (χ4v) is 3.96. The van der Waals surface area contributed by atoms with E-state index >= 15 is 0 Å². The molecule has 0 unspecified atom stereocenters. The lowest BCUT2D eigenvalue weighted by Gasteiger charge is -2.13. The number of halogens is 1. The van der Waals surface area contributed by atoms with Crippen LogP contribution in [0.2, 0.25) is 0 Å². The number of hydrogen-bond donors (Lipinski definition) is 2. The third-order valence-electron chi connectivity index (χ3n) is 4.17. The van der Waals surface area contributed by atoms with Crippen molar-refractivity contribution in [1.29, 1.82) is 0 Å². The minimum Gasteiger partial charge on any atom is -0.478 e. The molecule has 3 rings (SSSR count). The van der Waals surface area contributed by atoms with Gasteiger partial charge >= 0.3 is 5.97 Å². The van der Waals surface area contributed by atoms with E-state index < -0.39 is 21.8 Å². The lowest BCUT2D eigenvalue weighted by atomic mass is 10.0. The first-order valence-corrected chi connectivity index (χ1v) is 9.60. The topological polar surface area (TPSA) is 92.7 Å². The highest BCUT2D eigenvalue weighted by molar-refractivity contribution is 7.89. The molecule has 0 amide bonds. The standard InChI is InChI=1S/C18H18FNO5S/c19-17-6-2-1-5-16(17)12-8-13(18(21)22)10-15(9-12)26(23,24)20-11-14-4-3-7-25-14/h1-2,5-6,8-10,14,20H,3-4,7,11H2,(H,21,22)/t14-/m0/s1. The molecule has 2 N–H and O–H groups in total. The molecule has 0 radical (unpaired) electrons. The zero-order valence-electron chi connectivity index (χ0n) is 13.8. The van der Waals surface area contributed by atoms with Crippen molar-refractivity contribution in [3.63, 3.8) is 0 Å². The molecule has 2 aromatic rings. The van der Waals surface area contributed by atoms with E-state index in [1.165, 1.54) is 30.3 Å². The van der Waals surface area contributed by atoms with Crippen LogP contribution in [0.3, 0.4) is 0 Å². The highest BCUT2D eigenvalue weighted by atomic mass is 32.2. The second kappa shape index (κ2) is 7.53. The molecule has 1 fully saturated rings. The molecule has 1 aliphatic heterocycles. The molecule has 138 valence electrons. The number of nitrogens with one attached hydrogen (secondary N) is 1. The first-order chi connectivity index (χ1) is 12.4. The van der Waals surface area contributed by atoms with Crippen LogP contribution in [0.4, 0.5) is 4.39 Å². The molecule has 0 aromatic heterocycles. The summed E-state index contributed by atoms with van der Waals surface area (Å²) in [5, 5.41) is 9.29. The van der Waals surface area contributed by atoms with Crippen LogP contribution in [0.25, 0.3) is 11.1 Å². The molecule has 1 aliphatic rings. The number of aromatic carboxylic acids is 1. The molecular weight excluding hydrogens is 361 g/mol. The monoisotopic (exact) mass is 379 g/mol. The van der Waals surface area contributed by atoms with Crippen LogP contribution in [-0.4, -0.2) is 38.7 Å². The van der Waals surface area contributed by atoms with Gasteiger partial charge in [0, 0.05) is 18.7 Å². The molecule has 0 spiro atoms. The Morgan fingerprint density at radius 2 is 2.04 bits per heavy atom. The Labute approximate surface area is 150 Å². The molecule has 8 heteroatoms. The predicted molar refractivity (Wildman–Crippen MR) is 93.0 cm³/mol. The van der Waals surface area contributed by atoms with Crippen molar-refractivity contribution in [1.82, 2.24) is 4.72 Å². The highest BCUT2D eigenvalue weighted by Gasteiger charge is 2.22. The van der Waals surface area contributed by atoms with Gasteiger partial charge in [-0.1, -0.05) is 18.2 Å². The van der Waals surface area contributed by atoms with Gasteiger partial charge in [-0.2, -0.15) is 0 Å². The first kappa shape index (κ1) is 18.5. The molecule has 26 heavy (non-hydrogen) atoms. The summed E-state index contributed by atoms with van der Waals surface area (Å²) in [7, 11) is -3.96. The number of sulfonamides is 1. The highest BCUT2D eigenvalue weighted by Crippen LogP contribution is 2.27. The summed E-state index contributed by atoms with van der Waals surface area (Å²) in [6, 6.07) is 9.36. The Bertz CT molecular complexity index is 923. The maximum atomic E-state index is 14.1. The Kier molecular flexibility index (Phi) is 5.36. The minimum atomic E-state index is -3.96. The second-order valence-corrected chi connectivity index (χ2v) is 7.78. The number of carboxylic acids is 1. The molecular formula is C18H18FNO5S. The molecule has 2 aromatic carbocycles. The van der Waals surface area contributed by atoms with E-state index in [2.05, 4.69) is 4.72 Å². The molecule has 0 bridgehead atoms. The largest absolute Gasteiger partial charge is 0.478 e. The minimum absolute atomic E-state index is 0.106. The van der Waals surface area contributed by atoms with Gasteiger partial charge in [0.1, 0.15) is 5.82 Å². The van der Waals surface area contributed by atoms with E-state index in [1.807, 2.05) is 0 Å². The lowest BCUT2D eigenvalue weighted by molar-refractivity contribution is 0.0696. The Morgan fingerprint density at radius 3 is 2.69 bits per heavy atom. The van der Waals surface area contributed by atoms with Gasteiger partial charge in [-0.25, -0.2) is 22.3 Å². The summed E-state index contributed by atoms with van der Waals surface area (Å²) in [6.07, 6.45) is 1.44. The molecule has 1 saturated heterocycles. The first-order valence-electron chi connectivity index (χ1n) is 8.11. The van der Waals surface area contributed by atoms with E-state index in [0.29, 0.717) is 6.61 Å². The normalized spacial score (nSPS) is 17.3. The number of carbonyl (C=O) groups is 1. The van der Waals surface area contributed by atoms with Gasteiger partial charge in [-0.05, 0) is 42.7 Å². The van der Waals surface area contributed by atoms with Crippen molar-refractivity contribution in [2.45, 2.75) is 23.8 Å². The summed E-state index contributed by atoms with van der Waals surface area (Å²) < 4.78 is 47.0. The van der Waals surface area contributed by atoms with Crippen LogP contribution in [0, 0.1) is 5.82 Å². The van der Waals surface area contributed by atoms with Gasteiger partial charge in [0.15, 0.2) is 0 Å². The van der Waals surface area contributed by atoms with Crippen LogP contribution in [-0.2, 0) is 14.8 Å². The SMILES string of the molecule is O=C(O)c1cc(-c2ccccc2F)cc(S(=O)(=O)NC[C@@H]2CCCO2)c1. The maximum Gasteiger partial charge on any atom is 0.335 e. The predicted octanol–water partition coefficient (Wildman–Crippen LogP) is 2.65. The molecule has 0 saturated carbocycles. The van der Waals surface area contributed by atoms with Crippen molar-refractivity contribution in [2.75, 3.05) is 13.2 Å². The third-order valence-corrected chi connectivity index (χ3v) is 5.58. The zero-order chi connectivity index (χ0) is 18.7. The number of rotatable bonds is 6. The van der Waals surface area contributed by atoms with Gasteiger partial charge in [0.05, 0.1) is 16.6 Å². The Hall–Kier alpha value is -2.29. The number of carboxylic acid groups (broad SMARTS) is 1. The number of benzene rings is 2. The lowest BCUT2D eigenvalue weighted by Crippen LogP contribution is -2.32. The maximum absolute atomic E-state index is 14.1. The summed E-state index contributed by atoms with van der Waals surface area (Å²) >= 11 is 0. The second-order valence-electron chi connectivity index (χ2n) is 6.02. The van der Waals surface area contributed by atoms with Crippen LogP contribution in [0.15, 0.2) is 47.4 Å². The summed E-state index contributed by atoms with van der Waals surface area (Å²) in [5.41, 5.74) is 0.0786. The van der Waals surface area contributed by atoms with E-state index in [-0.39, 0.29) is 34.2 Å². The van der Waals surface area contributed by atoms with Crippen LogP contribution in [0.5, 0.6) is 0 Å². The van der Waals surface area contributed by atoms with E-state index in [1.54, 1.807) is 6.07 Å². The van der Waals surface area contributed by atoms with Crippen LogP contribution >= 0.6 is 0 Å². The quantitative estimate of drug-likeness (QED) is 0.805. The Morgan fingerprint density at radius 1 is 1.27 bits per heavy atom. The summed E-state index contributed by atoms with van der Waals surface area (Å²) in [6.45, 7) is 0.701. The van der Waals surface area contributed by atoms with Gasteiger partial charge in [0.25, 0.3) is 0 Å².